The Morgan fingerprint density at radius 2 is 1.88 bits per heavy atom. The number of benzene rings is 1. The first-order valence-electron chi connectivity index (χ1n) is 8.54. The Morgan fingerprint density at radius 3 is 2.50 bits per heavy atom. The lowest BCUT2D eigenvalue weighted by Gasteiger charge is -2.36. The summed E-state index contributed by atoms with van der Waals surface area (Å²) >= 11 is 5.84. The SMILES string of the molecule is N#Cc1ccc(N2CCN(CC(O)COc3ccc(Cl)cc3)CC2)nc1. The highest BCUT2D eigenvalue weighted by molar-refractivity contribution is 6.30. The second kappa shape index (κ2) is 8.86. The number of β-amino-alcohol motifs (C(OH)–C–C–N with tert-alkyl or cyclic N) is 1. The molecule has 1 aliphatic rings. The molecule has 0 saturated carbocycles. The average molecular weight is 373 g/mol. The molecule has 1 atom stereocenters. The van der Waals surface area contributed by atoms with Gasteiger partial charge in [0.15, 0.2) is 0 Å². The van der Waals surface area contributed by atoms with Gasteiger partial charge in [0.05, 0.1) is 5.56 Å². The number of halogens is 1. The molecule has 0 aliphatic carbocycles. The first-order valence-corrected chi connectivity index (χ1v) is 8.92. The van der Waals surface area contributed by atoms with Crippen LogP contribution in [0.4, 0.5) is 5.82 Å². The van der Waals surface area contributed by atoms with Crippen LogP contribution in [0.5, 0.6) is 5.75 Å². The van der Waals surface area contributed by atoms with Crippen LogP contribution in [0.15, 0.2) is 42.6 Å². The lowest BCUT2D eigenvalue weighted by molar-refractivity contribution is 0.0662. The van der Waals surface area contributed by atoms with E-state index in [4.69, 9.17) is 21.6 Å². The molecular weight excluding hydrogens is 352 g/mol. The van der Waals surface area contributed by atoms with Crippen molar-refractivity contribution in [3.8, 4) is 11.8 Å². The number of nitrogens with zero attached hydrogens (tertiary/aromatic N) is 4. The Bertz CT molecular complexity index is 738. The molecule has 1 aromatic carbocycles. The molecule has 0 bridgehead atoms. The quantitative estimate of drug-likeness (QED) is 0.837. The molecule has 2 heterocycles. The second-order valence-corrected chi connectivity index (χ2v) is 6.66. The van der Waals surface area contributed by atoms with Gasteiger partial charge >= 0.3 is 0 Å². The Kier molecular flexibility index (Phi) is 6.29. The molecule has 1 saturated heterocycles. The minimum atomic E-state index is -0.551. The van der Waals surface area contributed by atoms with Crippen molar-refractivity contribution >= 4 is 17.4 Å². The maximum atomic E-state index is 10.2. The zero-order valence-electron chi connectivity index (χ0n) is 14.4. The average Bonchev–Trinajstić information content (AvgIpc) is 2.68. The molecule has 1 N–H and O–H groups in total. The monoisotopic (exact) mass is 372 g/mol. The number of nitriles is 1. The minimum absolute atomic E-state index is 0.249. The van der Waals surface area contributed by atoms with Crippen molar-refractivity contribution in [2.45, 2.75) is 6.10 Å². The van der Waals surface area contributed by atoms with Gasteiger partial charge in [-0.25, -0.2) is 4.98 Å². The molecule has 6 nitrogen and oxygen atoms in total. The Morgan fingerprint density at radius 1 is 1.15 bits per heavy atom. The fourth-order valence-corrected chi connectivity index (χ4v) is 3.00. The lowest BCUT2D eigenvalue weighted by Crippen LogP contribution is -2.49. The molecular formula is C19H21ClN4O2. The third-order valence-corrected chi connectivity index (χ3v) is 4.55. The van der Waals surface area contributed by atoms with Crippen LogP contribution in [-0.4, -0.2) is 60.4 Å². The van der Waals surface area contributed by atoms with Gasteiger partial charge in [-0.15, -0.1) is 0 Å². The van der Waals surface area contributed by atoms with Crippen LogP contribution >= 0.6 is 11.6 Å². The number of aromatic nitrogens is 1. The van der Waals surface area contributed by atoms with E-state index in [0.717, 1.165) is 32.0 Å². The first kappa shape index (κ1) is 18.5. The number of aliphatic hydroxyl groups excluding tert-OH is 1. The normalized spacial score (nSPS) is 16.1. The molecule has 2 aromatic rings. The van der Waals surface area contributed by atoms with Crippen molar-refractivity contribution in [1.82, 2.24) is 9.88 Å². The Hall–Kier alpha value is -2.33. The molecule has 7 heteroatoms. The van der Waals surface area contributed by atoms with Crippen molar-refractivity contribution in [3.63, 3.8) is 0 Å². The van der Waals surface area contributed by atoms with E-state index < -0.39 is 6.10 Å². The van der Waals surface area contributed by atoms with E-state index in [0.29, 0.717) is 22.9 Å². The maximum absolute atomic E-state index is 10.2. The van der Waals surface area contributed by atoms with Crippen molar-refractivity contribution in [2.75, 3.05) is 44.2 Å². The van der Waals surface area contributed by atoms with Crippen LogP contribution in [0.2, 0.25) is 5.02 Å². The largest absolute Gasteiger partial charge is 0.491 e. The van der Waals surface area contributed by atoms with Gasteiger partial charge in [-0.2, -0.15) is 5.26 Å². The fraction of sp³-hybridized carbons (Fsp3) is 0.368. The van der Waals surface area contributed by atoms with Crippen molar-refractivity contribution < 1.29 is 9.84 Å². The lowest BCUT2D eigenvalue weighted by atomic mass is 10.2. The molecule has 136 valence electrons. The summed E-state index contributed by atoms with van der Waals surface area (Å²) in [6, 6.07) is 12.8. The van der Waals surface area contributed by atoms with Crippen molar-refractivity contribution in [2.24, 2.45) is 0 Å². The summed E-state index contributed by atoms with van der Waals surface area (Å²) in [5, 5.41) is 19.7. The van der Waals surface area contributed by atoms with E-state index in [9.17, 15) is 5.11 Å². The highest BCUT2D eigenvalue weighted by Crippen LogP contribution is 2.16. The van der Waals surface area contributed by atoms with E-state index >= 15 is 0 Å². The summed E-state index contributed by atoms with van der Waals surface area (Å²) in [5.74, 6) is 1.58. The van der Waals surface area contributed by atoms with Crippen LogP contribution in [0, 0.1) is 11.3 Å². The van der Waals surface area contributed by atoms with Crippen LogP contribution in [0.1, 0.15) is 5.56 Å². The van der Waals surface area contributed by atoms with Crippen molar-refractivity contribution in [1.29, 1.82) is 5.26 Å². The molecule has 1 aromatic heterocycles. The number of anilines is 1. The predicted molar refractivity (Wildman–Crippen MR) is 101 cm³/mol. The summed E-state index contributed by atoms with van der Waals surface area (Å²) < 4.78 is 5.59. The van der Waals surface area contributed by atoms with E-state index in [1.54, 1.807) is 36.5 Å². The highest BCUT2D eigenvalue weighted by atomic mass is 35.5. The van der Waals surface area contributed by atoms with Crippen LogP contribution in [0.25, 0.3) is 0 Å². The first-order chi connectivity index (χ1) is 12.6. The van der Waals surface area contributed by atoms with E-state index in [1.165, 1.54) is 0 Å². The molecule has 1 fully saturated rings. The predicted octanol–water partition coefficient (Wildman–Crippen LogP) is 2.17. The van der Waals surface area contributed by atoms with E-state index in [2.05, 4.69) is 20.9 Å². The van der Waals surface area contributed by atoms with E-state index in [-0.39, 0.29) is 6.61 Å². The number of pyridine rings is 1. The summed E-state index contributed by atoms with van der Waals surface area (Å²) in [6.07, 6.45) is 1.05. The van der Waals surface area contributed by atoms with Crippen LogP contribution in [0.3, 0.4) is 0 Å². The van der Waals surface area contributed by atoms with Gasteiger partial charge in [0, 0.05) is 43.9 Å². The number of rotatable bonds is 6. The number of hydrogen-bond acceptors (Lipinski definition) is 6. The summed E-state index contributed by atoms with van der Waals surface area (Å²) in [4.78, 5) is 8.74. The van der Waals surface area contributed by atoms with Gasteiger partial charge in [0.1, 0.15) is 30.3 Å². The Labute approximate surface area is 158 Å². The minimum Gasteiger partial charge on any atom is -0.491 e. The third kappa shape index (κ3) is 5.09. The summed E-state index contributed by atoms with van der Waals surface area (Å²) in [7, 11) is 0. The molecule has 1 unspecified atom stereocenters. The fourth-order valence-electron chi connectivity index (χ4n) is 2.87. The van der Waals surface area contributed by atoms with Crippen LogP contribution in [-0.2, 0) is 0 Å². The number of hydrogen-bond donors (Lipinski definition) is 1. The molecule has 0 spiro atoms. The van der Waals surface area contributed by atoms with Gasteiger partial charge in [0.25, 0.3) is 0 Å². The highest BCUT2D eigenvalue weighted by Gasteiger charge is 2.20. The second-order valence-electron chi connectivity index (χ2n) is 6.22. The van der Waals surface area contributed by atoms with Gasteiger partial charge in [-0.05, 0) is 36.4 Å². The summed E-state index contributed by atoms with van der Waals surface area (Å²) in [5.41, 5.74) is 0.566. The Balaban J connectivity index is 1.41. The molecule has 3 rings (SSSR count). The zero-order valence-corrected chi connectivity index (χ0v) is 15.1. The van der Waals surface area contributed by atoms with Gasteiger partial charge in [0.2, 0.25) is 0 Å². The molecule has 0 amide bonds. The number of aliphatic hydroxyl groups is 1. The van der Waals surface area contributed by atoms with E-state index in [1.807, 2.05) is 6.07 Å². The van der Waals surface area contributed by atoms with Gasteiger partial charge in [-0.3, -0.25) is 4.90 Å². The van der Waals surface area contributed by atoms with Gasteiger partial charge < -0.3 is 14.7 Å². The number of ether oxygens (including phenoxy) is 1. The van der Waals surface area contributed by atoms with Crippen molar-refractivity contribution in [3.05, 3.63) is 53.2 Å². The summed E-state index contributed by atoms with van der Waals surface area (Å²) in [6.45, 7) is 4.19. The standard InChI is InChI=1S/C19H21ClN4O2/c20-16-2-4-18(5-3-16)26-14-17(25)13-23-7-9-24(10-8-23)19-6-1-15(11-21)12-22-19/h1-6,12,17,25H,7-10,13-14H2. The molecule has 0 radical (unpaired) electrons. The van der Waals surface area contributed by atoms with Crippen LogP contribution < -0.4 is 9.64 Å². The molecule has 1 aliphatic heterocycles. The molecule has 26 heavy (non-hydrogen) atoms. The topological polar surface area (TPSA) is 72.6 Å². The number of piperazine rings is 1. The third-order valence-electron chi connectivity index (χ3n) is 4.30. The smallest absolute Gasteiger partial charge is 0.128 e. The van der Waals surface area contributed by atoms with Gasteiger partial charge in [-0.1, -0.05) is 11.6 Å². The zero-order chi connectivity index (χ0) is 18.4. The maximum Gasteiger partial charge on any atom is 0.128 e.